The lowest BCUT2D eigenvalue weighted by Crippen LogP contribution is -2.33. The highest BCUT2D eigenvalue weighted by Crippen LogP contribution is 2.22. The fourth-order valence-corrected chi connectivity index (χ4v) is 1.95. The second kappa shape index (κ2) is 7.66. The number of nitro groups is 1. The van der Waals surface area contributed by atoms with Gasteiger partial charge in [0.15, 0.2) is 0 Å². The molecule has 116 valence electrons. The van der Waals surface area contributed by atoms with Crippen molar-refractivity contribution in [1.29, 1.82) is 0 Å². The van der Waals surface area contributed by atoms with Crippen molar-refractivity contribution in [3.05, 3.63) is 39.4 Å². The molecule has 0 spiro atoms. The van der Waals surface area contributed by atoms with Crippen LogP contribution in [0.15, 0.2) is 12.1 Å². The molecule has 1 unspecified atom stereocenters. The van der Waals surface area contributed by atoms with Crippen molar-refractivity contribution in [2.75, 3.05) is 0 Å². The molecule has 0 aromatic heterocycles. The lowest BCUT2D eigenvalue weighted by atomic mass is 10.1. The molecule has 0 bridgehead atoms. The molecule has 1 aromatic rings. The summed E-state index contributed by atoms with van der Waals surface area (Å²) in [7, 11) is 0. The molecule has 7 heteroatoms. The Bertz CT molecular complexity index is 535. The highest BCUT2D eigenvalue weighted by atomic mass is 19.1. The predicted octanol–water partition coefficient (Wildman–Crippen LogP) is 3.57. The van der Waals surface area contributed by atoms with Crippen molar-refractivity contribution >= 4 is 11.6 Å². The number of nitrogens with zero attached hydrogens (tertiary/aromatic N) is 1. The summed E-state index contributed by atoms with van der Waals surface area (Å²) in [6.45, 7) is 3.80. The number of nitro benzene ring substituents is 1. The molecule has 0 aliphatic carbocycles. The molecule has 1 rings (SSSR count). The number of nitrogens with one attached hydrogen (secondary N) is 1. The zero-order valence-corrected chi connectivity index (χ0v) is 12.0. The third kappa shape index (κ3) is 4.77. The van der Waals surface area contributed by atoms with Crippen molar-refractivity contribution < 1.29 is 18.5 Å². The van der Waals surface area contributed by atoms with Crippen LogP contribution >= 0.6 is 0 Å². The molecule has 0 aliphatic heterocycles. The summed E-state index contributed by atoms with van der Waals surface area (Å²) in [6.07, 6.45) is 3.66. The minimum atomic E-state index is -1.32. The Morgan fingerprint density at radius 2 is 2.05 bits per heavy atom. The van der Waals surface area contributed by atoms with E-state index in [2.05, 4.69) is 5.32 Å². The Morgan fingerprint density at radius 1 is 1.38 bits per heavy atom. The molecule has 0 heterocycles. The minimum Gasteiger partial charge on any atom is -0.349 e. The molecule has 5 nitrogen and oxygen atoms in total. The fraction of sp³-hybridized carbons (Fsp3) is 0.500. The predicted molar refractivity (Wildman–Crippen MR) is 74.1 cm³/mol. The molecule has 1 N–H and O–H groups in total. The van der Waals surface area contributed by atoms with Crippen molar-refractivity contribution in [3.63, 3.8) is 0 Å². The Labute approximate surface area is 121 Å². The van der Waals surface area contributed by atoms with Gasteiger partial charge >= 0.3 is 5.69 Å². The molecule has 0 saturated carbocycles. The third-order valence-corrected chi connectivity index (χ3v) is 3.08. The van der Waals surface area contributed by atoms with Crippen LogP contribution in [-0.2, 0) is 0 Å². The van der Waals surface area contributed by atoms with Gasteiger partial charge in [0.2, 0.25) is 5.82 Å². The smallest absolute Gasteiger partial charge is 0.308 e. The lowest BCUT2D eigenvalue weighted by Gasteiger charge is -2.14. The maximum absolute atomic E-state index is 13.8. The number of carbonyl (C=O) groups is 1. The van der Waals surface area contributed by atoms with Crippen LogP contribution < -0.4 is 5.32 Å². The van der Waals surface area contributed by atoms with Gasteiger partial charge in [-0.2, -0.15) is 4.39 Å². The monoisotopic (exact) mass is 300 g/mol. The van der Waals surface area contributed by atoms with Crippen LogP contribution in [0.25, 0.3) is 0 Å². The molecule has 1 aromatic carbocycles. The molecule has 1 atom stereocenters. The van der Waals surface area contributed by atoms with Gasteiger partial charge in [0.05, 0.1) is 16.6 Å². The number of unbranched alkanes of at least 4 members (excludes halogenated alkanes) is 2. The standard InChI is InChI=1S/C14H18F2N2O3/c1-3-4-5-6-9(2)17-14(19)11-7-10(15)8-12(13(11)16)18(20)21/h7-9H,3-6H2,1-2H3,(H,17,19). The average molecular weight is 300 g/mol. The van der Waals surface area contributed by atoms with E-state index in [0.29, 0.717) is 18.6 Å². The van der Waals surface area contributed by atoms with Crippen LogP contribution in [-0.4, -0.2) is 16.9 Å². The van der Waals surface area contributed by atoms with Gasteiger partial charge in [-0.15, -0.1) is 0 Å². The van der Waals surface area contributed by atoms with Gasteiger partial charge in [0.25, 0.3) is 5.91 Å². The van der Waals surface area contributed by atoms with Crippen molar-refractivity contribution in [2.45, 2.75) is 45.6 Å². The maximum atomic E-state index is 13.8. The number of hydrogen-bond donors (Lipinski definition) is 1. The van der Waals surface area contributed by atoms with Gasteiger partial charge in [0.1, 0.15) is 5.82 Å². The Kier molecular flexibility index (Phi) is 6.20. The van der Waals surface area contributed by atoms with E-state index < -0.39 is 33.7 Å². The van der Waals surface area contributed by atoms with Crippen LogP contribution in [0.4, 0.5) is 14.5 Å². The van der Waals surface area contributed by atoms with Crippen molar-refractivity contribution in [3.8, 4) is 0 Å². The van der Waals surface area contributed by atoms with Crippen LogP contribution in [0.5, 0.6) is 0 Å². The molecular weight excluding hydrogens is 282 g/mol. The first kappa shape index (κ1) is 17.0. The first-order valence-electron chi connectivity index (χ1n) is 6.81. The van der Waals surface area contributed by atoms with E-state index in [1.54, 1.807) is 6.92 Å². The minimum absolute atomic E-state index is 0.217. The quantitative estimate of drug-likeness (QED) is 0.475. The number of rotatable bonds is 7. The molecule has 0 aliphatic rings. The SMILES string of the molecule is CCCCCC(C)NC(=O)c1cc(F)cc([N+](=O)[O-])c1F. The summed E-state index contributed by atoms with van der Waals surface area (Å²) in [5, 5.41) is 13.1. The highest BCUT2D eigenvalue weighted by molar-refractivity contribution is 5.95. The first-order chi connectivity index (χ1) is 9.86. The van der Waals surface area contributed by atoms with E-state index in [1.165, 1.54) is 0 Å². The highest BCUT2D eigenvalue weighted by Gasteiger charge is 2.24. The van der Waals surface area contributed by atoms with Crippen molar-refractivity contribution in [1.82, 2.24) is 5.32 Å². The normalized spacial score (nSPS) is 12.0. The van der Waals surface area contributed by atoms with E-state index >= 15 is 0 Å². The van der Waals surface area contributed by atoms with Gasteiger partial charge in [0, 0.05) is 6.04 Å². The topological polar surface area (TPSA) is 72.2 Å². The van der Waals surface area contributed by atoms with Crippen LogP contribution in [0.2, 0.25) is 0 Å². The molecule has 0 fully saturated rings. The van der Waals surface area contributed by atoms with E-state index in [-0.39, 0.29) is 6.04 Å². The van der Waals surface area contributed by atoms with Crippen LogP contribution in [0, 0.1) is 21.7 Å². The molecular formula is C14H18F2N2O3. The van der Waals surface area contributed by atoms with E-state index in [0.717, 1.165) is 19.3 Å². The first-order valence-corrected chi connectivity index (χ1v) is 6.81. The van der Waals surface area contributed by atoms with Gasteiger partial charge in [-0.3, -0.25) is 14.9 Å². The largest absolute Gasteiger partial charge is 0.349 e. The number of amides is 1. The summed E-state index contributed by atoms with van der Waals surface area (Å²) in [5.74, 6) is -3.19. The Hall–Kier alpha value is -2.05. The van der Waals surface area contributed by atoms with Crippen LogP contribution in [0.3, 0.4) is 0 Å². The summed E-state index contributed by atoms with van der Waals surface area (Å²) in [5.41, 5.74) is -1.69. The number of benzene rings is 1. The summed E-state index contributed by atoms with van der Waals surface area (Å²) in [6, 6.07) is 0.901. The second-order valence-electron chi connectivity index (χ2n) is 4.91. The fourth-order valence-electron chi connectivity index (χ4n) is 1.95. The Morgan fingerprint density at radius 3 is 2.62 bits per heavy atom. The summed E-state index contributed by atoms with van der Waals surface area (Å²) < 4.78 is 27.1. The van der Waals surface area contributed by atoms with Gasteiger partial charge in [-0.05, 0) is 19.4 Å². The van der Waals surface area contributed by atoms with Gasteiger partial charge in [-0.25, -0.2) is 4.39 Å². The summed E-state index contributed by atoms with van der Waals surface area (Å²) in [4.78, 5) is 21.5. The Balaban J connectivity index is 2.85. The second-order valence-corrected chi connectivity index (χ2v) is 4.91. The lowest BCUT2D eigenvalue weighted by molar-refractivity contribution is -0.387. The molecule has 0 radical (unpaired) electrons. The van der Waals surface area contributed by atoms with E-state index in [9.17, 15) is 23.7 Å². The zero-order valence-electron chi connectivity index (χ0n) is 12.0. The van der Waals surface area contributed by atoms with Gasteiger partial charge < -0.3 is 5.32 Å². The van der Waals surface area contributed by atoms with Gasteiger partial charge in [-0.1, -0.05) is 26.2 Å². The van der Waals surface area contributed by atoms with E-state index in [4.69, 9.17) is 0 Å². The molecule has 0 saturated heterocycles. The molecule has 1 amide bonds. The van der Waals surface area contributed by atoms with Crippen LogP contribution in [0.1, 0.15) is 49.9 Å². The average Bonchev–Trinajstić information content (AvgIpc) is 2.40. The third-order valence-electron chi connectivity index (χ3n) is 3.08. The number of hydrogen-bond acceptors (Lipinski definition) is 3. The van der Waals surface area contributed by atoms with Crippen molar-refractivity contribution in [2.24, 2.45) is 0 Å². The molecule has 21 heavy (non-hydrogen) atoms. The van der Waals surface area contributed by atoms with E-state index in [1.807, 2.05) is 6.92 Å². The summed E-state index contributed by atoms with van der Waals surface area (Å²) >= 11 is 0. The zero-order chi connectivity index (χ0) is 16.0. The maximum Gasteiger partial charge on any atom is 0.308 e. The number of halogens is 2. The number of carbonyl (C=O) groups excluding carboxylic acids is 1.